The van der Waals surface area contributed by atoms with Crippen molar-refractivity contribution in [3.8, 4) is 11.1 Å². The van der Waals surface area contributed by atoms with Gasteiger partial charge in [0.2, 0.25) is 5.91 Å². The Labute approximate surface area is 173 Å². The van der Waals surface area contributed by atoms with E-state index in [4.69, 9.17) is 28.2 Å². The molecule has 0 aliphatic carbocycles. The summed E-state index contributed by atoms with van der Waals surface area (Å²) in [5.74, 6) is -0.141. The number of aromatic nitrogens is 1. The van der Waals surface area contributed by atoms with Gasteiger partial charge in [-0.1, -0.05) is 41.4 Å². The van der Waals surface area contributed by atoms with E-state index in [0.29, 0.717) is 27.1 Å². The molecule has 1 aliphatic rings. The standard InChI is InChI=1S/C22H17Cl2N3O/c1-12-13(2)25-7-6-16(12)14-4-3-5-15(8-14)19-11-22(28)27-21-10-18(24)17(23)9-20(21)26-19/h3-10H,11H2,1-2H3,(H,27,28). The van der Waals surface area contributed by atoms with E-state index >= 15 is 0 Å². The van der Waals surface area contributed by atoms with E-state index < -0.39 is 0 Å². The summed E-state index contributed by atoms with van der Waals surface area (Å²) in [7, 11) is 0. The third-order valence-electron chi connectivity index (χ3n) is 4.86. The van der Waals surface area contributed by atoms with E-state index in [1.807, 2.05) is 37.4 Å². The monoisotopic (exact) mass is 409 g/mol. The highest BCUT2D eigenvalue weighted by molar-refractivity contribution is 6.42. The second-order valence-corrected chi connectivity index (χ2v) is 7.53. The van der Waals surface area contributed by atoms with Gasteiger partial charge < -0.3 is 5.32 Å². The summed E-state index contributed by atoms with van der Waals surface area (Å²) in [6, 6.07) is 13.3. The van der Waals surface area contributed by atoms with Crippen LogP contribution in [-0.2, 0) is 4.79 Å². The van der Waals surface area contributed by atoms with Gasteiger partial charge in [-0.05, 0) is 60.4 Å². The third-order valence-corrected chi connectivity index (χ3v) is 5.58. The summed E-state index contributed by atoms with van der Waals surface area (Å²) < 4.78 is 0. The maximum absolute atomic E-state index is 12.4. The van der Waals surface area contributed by atoms with Crippen LogP contribution in [0.3, 0.4) is 0 Å². The number of amides is 1. The number of fused-ring (bicyclic) bond motifs is 1. The highest BCUT2D eigenvalue weighted by Crippen LogP contribution is 2.37. The van der Waals surface area contributed by atoms with Gasteiger partial charge in [-0.3, -0.25) is 14.8 Å². The Morgan fingerprint density at radius 1 is 1.00 bits per heavy atom. The SMILES string of the molecule is Cc1nccc(-c2cccc(C3=Nc4cc(Cl)c(Cl)cc4NC(=O)C3)c2)c1C. The fraction of sp³-hybridized carbons (Fsp3) is 0.136. The highest BCUT2D eigenvalue weighted by Gasteiger charge is 2.19. The van der Waals surface area contributed by atoms with Crippen molar-refractivity contribution in [2.24, 2.45) is 4.99 Å². The molecular formula is C22H17Cl2N3O. The predicted octanol–water partition coefficient (Wildman–Crippen LogP) is 6.14. The minimum atomic E-state index is -0.141. The molecule has 1 N–H and O–H groups in total. The van der Waals surface area contributed by atoms with Crippen molar-refractivity contribution < 1.29 is 4.79 Å². The molecule has 0 spiro atoms. The first-order valence-corrected chi connectivity index (χ1v) is 9.57. The second kappa shape index (κ2) is 7.38. The van der Waals surface area contributed by atoms with Crippen molar-refractivity contribution in [3.05, 3.63) is 75.5 Å². The average molecular weight is 410 g/mol. The van der Waals surface area contributed by atoms with Crippen molar-refractivity contribution >= 4 is 46.2 Å². The largest absolute Gasteiger partial charge is 0.324 e. The normalized spacial score (nSPS) is 13.4. The van der Waals surface area contributed by atoms with Gasteiger partial charge in [0.1, 0.15) is 0 Å². The molecule has 6 heteroatoms. The van der Waals surface area contributed by atoms with Crippen molar-refractivity contribution in [2.75, 3.05) is 5.32 Å². The molecule has 28 heavy (non-hydrogen) atoms. The Kier molecular flexibility index (Phi) is 4.92. The molecule has 1 aromatic heterocycles. The second-order valence-electron chi connectivity index (χ2n) is 6.72. The van der Waals surface area contributed by atoms with E-state index in [2.05, 4.69) is 23.3 Å². The van der Waals surface area contributed by atoms with Gasteiger partial charge in [-0.15, -0.1) is 0 Å². The highest BCUT2D eigenvalue weighted by atomic mass is 35.5. The summed E-state index contributed by atoms with van der Waals surface area (Å²) in [4.78, 5) is 21.5. The number of aryl methyl sites for hydroxylation is 1. The first kappa shape index (κ1) is 18.7. The molecule has 1 aliphatic heterocycles. The molecule has 0 radical (unpaired) electrons. The number of benzene rings is 2. The van der Waals surface area contributed by atoms with E-state index in [0.717, 1.165) is 27.9 Å². The summed E-state index contributed by atoms with van der Waals surface area (Å²) in [6.45, 7) is 4.05. The van der Waals surface area contributed by atoms with Crippen LogP contribution in [0.15, 0.2) is 53.7 Å². The molecule has 2 aromatic carbocycles. The maximum Gasteiger partial charge on any atom is 0.230 e. The molecule has 0 saturated carbocycles. The van der Waals surface area contributed by atoms with Gasteiger partial charge >= 0.3 is 0 Å². The number of nitrogens with zero attached hydrogens (tertiary/aromatic N) is 2. The van der Waals surface area contributed by atoms with Gasteiger partial charge in [0.25, 0.3) is 0 Å². The maximum atomic E-state index is 12.4. The van der Waals surface area contributed by atoms with Crippen LogP contribution in [-0.4, -0.2) is 16.6 Å². The molecule has 4 nitrogen and oxygen atoms in total. The first-order valence-electron chi connectivity index (χ1n) is 8.82. The van der Waals surface area contributed by atoms with Crippen LogP contribution in [0, 0.1) is 13.8 Å². The number of hydrogen-bond donors (Lipinski definition) is 1. The van der Waals surface area contributed by atoms with Crippen LogP contribution in [0.1, 0.15) is 23.2 Å². The van der Waals surface area contributed by atoms with Gasteiger partial charge in [0.05, 0.1) is 33.6 Å². The van der Waals surface area contributed by atoms with Crippen LogP contribution in [0.25, 0.3) is 11.1 Å². The minimum Gasteiger partial charge on any atom is -0.324 e. The summed E-state index contributed by atoms with van der Waals surface area (Å²) in [5.41, 5.74) is 7.02. The smallest absolute Gasteiger partial charge is 0.230 e. The van der Waals surface area contributed by atoms with Crippen molar-refractivity contribution in [1.82, 2.24) is 4.98 Å². The van der Waals surface area contributed by atoms with E-state index in [9.17, 15) is 4.79 Å². The Morgan fingerprint density at radius 2 is 1.75 bits per heavy atom. The number of carbonyl (C=O) groups is 1. The Balaban J connectivity index is 1.82. The molecule has 0 saturated heterocycles. The zero-order valence-electron chi connectivity index (χ0n) is 15.4. The van der Waals surface area contributed by atoms with Crippen molar-refractivity contribution in [1.29, 1.82) is 0 Å². The molecule has 0 fully saturated rings. The third kappa shape index (κ3) is 3.53. The molecule has 0 bridgehead atoms. The van der Waals surface area contributed by atoms with Gasteiger partial charge in [0.15, 0.2) is 0 Å². The van der Waals surface area contributed by atoms with E-state index in [1.165, 1.54) is 0 Å². The molecule has 140 valence electrons. The fourth-order valence-corrected chi connectivity index (χ4v) is 3.57. The predicted molar refractivity (Wildman–Crippen MR) is 115 cm³/mol. The lowest BCUT2D eigenvalue weighted by Crippen LogP contribution is -2.15. The summed E-state index contributed by atoms with van der Waals surface area (Å²) in [5, 5.41) is 3.63. The van der Waals surface area contributed by atoms with Crippen LogP contribution >= 0.6 is 23.2 Å². The lowest BCUT2D eigenvalue weighted by molar-refractivity contribution is -0.115. The van der Waals surface area contributed by atoms with E-state index in [-0.39, 0.29) is 12.3 Å². The van der Waals surface area contributed by atoms with Gasteiger partial charge in [0, 0.05) is 11.9 Å². The number of nitrogens with one attached hydrogen (secondary N) is 1. The molecular weight excluding hydrogens is 393 g/mol. The number of rotatable bonds is 2. The number of hydrogen-bond acceptors (Lipinski definition) is 3. The molecule has 1 amide bonds. The Morgan fingerprint density at radius 3 is 2.57 bits per heavy atom. The molecule has 0 atom stereocenters. The Bertz CT molecular complexity index is 1140. The van der Waals surface area contributed by atoms with Crippen LogP contribution < -0.4 is 5.32 Å². The lowest BCUT2D eigenvalue weighted by Gasteiger charge is -2.10. The molecule has 2 heterocycles. The number of carbonyl (C=O) groups excluding carboxylic acids is 1. The Hall–Kier alpha value is -2.69. The minimum absolute atomic E-state index is 0.141. The summed E-state index contributed by atoms with van der Waals surface area (Å²) in [6.07, 6.45) is 1.98. The lowest BCUT2D eigenvalue weighted by atomic mass is 9.96. The van der Waals surface area contributed by atoms with Crippen molar-refractivity contribution in [2.45, 2.75) is 20.3 Å². The molecule has 3 aromatic rings. The van der Waals surface area contributed by atoms with Crippen LogP contribution in [0.4, 0.5) is 11.4 Å². The van der Waals surface area contributed by atoms with Gasteiger partial charge in [-0.2, -0.15) is 0 Å². The van der Waals surface area contributed by atoms with Crippen molar-refractivity contribution in [3.63, 3.8) is 0 Å². The molecule has 0 unspecified atom stereocenters. The topological polar surface area (TPSA) is 54.4 Å². The van der Waals surface area contributed by atoms with Crippen LogP contribution in [0.5, 0.6) is 0 Å². The van der Waals surface area contributed by atoms with E-state index in [1.54, 1.807) is 12.1 Å². The number of halogens is 2. The molecule has 4 rings (SSSR count). The summed E-state index contributed by atoms with van der Waals surface area (Å²) >= 11 is 12.2. The zero-order valence-corrected chi connectivity index (χ0v) is 16.9. The van der Waals surface area contributed by atoms with Gasteiger partial charge in [-0.25, -0.2) is 0 Å². The average Bonchev–Trinajstić information content (AvgIpc) is 2.82. The van der Waals surface area contributed by atoms with Crippen LogP contribution in [0.2, 0.25) is 10.0 Å². The number of pyridine rings is 1. The fourth-order valence-electron chi connectivity index (χ4n) is 3.25. The number of aliphatic imine (C=N–C) groups is 1. The quantitative estimate of drug-likeness (QED) is 0.552. The first-order chi connectivity index (χ1) is 13.4. The number of anilines is 1. The zero-order chi connectivity index (χ0) is 19.8.